The van der Waals surface area contributed by atoms with Gasteiger partial charge in [0, 0.05) is 5.56 Å². The van der Waals surface area contributed by atoms with Crippen LogP contribution in [-0.4, -0.2) is 45.9 Å². The number of para-hydroxylation sites is 1. The number of methoxy groups -OCH3 is 1. The van der Waals surface area contributed by atoms with E-state index in [-0.39, 0.29) is 35.2 Å². The SMILES string of the molecule is CCOC(=O)[C@H](C)NS(=O)(=O)c1cccc(NC(=O)Cc2ccc(-c3ccccc3)c(C(=N)N)c2)c1OC. The first-order valence-electron chi connectivity index (χ1n) is 11.8. The normalized spacial score (nSPS) is 11.9. The minimum Gasteiger partial charge on any atom is -0.493 e. The molecule has 0 heterocycles. The average molecular weight is 539 g/mol. The zero-order valence-corrected chi connectivity index (χ0v) is 22.1. The number of anilines is 1. The van der Waals surface area contributed by atoms with Gasteiger partial charge in [0.2, 0.25) is 15.9 Å². The summed E-state index contributed by atoms with van der Waals surface area (Å²) in [5.74, 6) is -1.38. The third kappa shape index (κ3) is 6.75. The third-order valence-electron chi connectivity index (χ3n) is 5.54. The first kappa shape index (κ1) is 28.4. The van der Waals surface area contributed by atoms with Crippen molar-refractivity contribution in [3.05, 3.63) is 77.9 Å². The number of esters is 1. The second-order valence-corrected chi connectivity index (χ2v) is 10.00. The molecule has 0 unspecified atom stereocenters. The minimum absolute atomic E-state index is 0.0619. The molecule has 3 rings (SSSR count). The van der Waals surface area contributed by atoms with Crippen LogP contribution in [0.25, 0.3) is 11.1 Å². The Hall–Kier alpha value is -4.22. The van der Waals surface area contributed by atoms with Gasteiger partial charge < -0.3 is 20.5 Å². The van der Waals surface area contributed by atoms with Crippen molar-refractivity contribution in [2.24, 2.45) is 5.73 Å². The van der Waals surface area contributed by atoms with E-state index in [4.69, 9.17) is 20.6 Å². The lowest BCUT2D eigenvalue weighted by Gasteiger charge is -2.17. The fourth-order valence-corrected chi connectivity index (χ4v) is 5.21. The largest absolute Gasteiger partial charge is 0.493 e. The highest BCUT2D eigenvalue weighted by Crippen LogP contribution is 2.32. The monoisotopic (exact) mass is 538 g/mol. The van der Waals surface area contributed by atoms with E-state index in [1.807, 2.05) is 30.3 Å². The summed E-state index contributed by atoms with van der Waals surface area (Å²) in [6.45, 7) is 3.09. The average Bonchev–Trinajstić information content (AvgIpc) is 2.88. The maximum Gasteiger partial charge on any atom is 0.323 e. The molecule has 0 aliphatic carbocycles. The fraction of sp³-hybridized carbons (Fsp3) is 0.222. The van der Waals surface area contributed by atoms with Gasteiger partial charge in [-0.2, -0.15) is 4.72 Å². The number of benzene rings is 3. The number of hydrogen-bond donors (Lipinski definition) is 4. The summed E-state index contributed by atoms with van der Waals surface area (Å²) in [6, 6.07) is 17.9. The van der Waals surface area contributed by atoms with E-state index in [1.165, 1.54) is 32.2 Å². The summed E-state index contributed by atoms with van der Waals surface area (Å²) in [7, 11) is -2.92. The summed E-state index contributed by atoms with van der Waals surface area (Å²) >= 11 is 0. The van der Waals surface area contributed by atoms with Crippen molar-refractivity contribution in [1.29, 1.82) is 5.41 Å². The van der Waals surface area contributed by atoms with E-state index in [0.717, 1.165) is 11.1 Å². The zero-order valence-electron chi connectivity index (χ0n) is 21.3. The summed E-state index contributed by atoms with van der Waals surface area (Å²) < 4.78 is 38.4. The number of nitrogen functional groups attached to an aromatic ring is 1. The Morgan fingerprint density at radius 2 is 1.76 bits per heavy atom. The molecule has 0 bridgehead atoms. The molecule has 1 atom stereocenters. The summed E-state index contributed by atoms with van der Waals surface area (Å²) in [5, 5.41) is 10.7. The van der Waals surface area contributed by atoms with Crippen molar-refractivity contribution >= 4 is 33.4 Å². The van der Waals surface area contributed by atoms with Crippen LogP contribution in [0.2, 0.25) is 0 Å². The first-order valence-corrected chi connectivity index (χ1v) is 13.2. The van der Waals surface area contributed by atoms with E-state index >= 15 is 0 Å². The molecule has 11 heteroatoms. The molecule has 0 fully saturated rings. The summed E-state index contributed by atoms with van der Waals surface area (Å²) in [5.41, 5.74) is 8.72. The Bertz CT molecular complexity index is 1440. The van der Waals surface area contributed by atoms with E-state index in [2.05, 4.69) is 10.0 Å². The zero-order chi connectivity index (χ0) is 27.9. The Balaban J connectivity index is 1.83. The standard InChI is InChI=1S/C27H30N4O6S/c1-4-37-27(33)17(2)31-38(34,35)23-12-8-11-22(25(23)36-3)30-24(32)16-18-13-14-20(21(15-18)26(28)29)19-9-6-5-7-10-19/h5-15,17,31H,4,16H2,1-3H3,(H3,28,29)(H,30,32)/t17-/m0/s1. The van der Waals surface area contributed by atoms with Gasteiger partial charge in [-0.25, -0.2) is 8.42 Å². The molecule has 0 aliphatic rings. The van der Waals surface area contributed by atoms with Gasteiger partial charge >= 0.3 is 5.97 Å². The number of hydrogen-bond acceptors (Lipinski definition) is 7. The second-order valence-electron chi connectivity index (χ2n) is 8.32. The van der Waals surface area contributed by atoms with Crippen LogP contribution in [0.4, 0.5) is 5.69 Å². The van der Waals surface area contributed by atoms with Crippen LogP contribution in [0.3, 0.4) is 0 Å². The van der Waals surface area contributed by atoms with Crippen LogP contribution in [-0.2, 0) is 30.8 Å². The smallest absolute Gasteiger partial charge is 0.323 e. The predicted octanol–water partition coefficient (Wildman–Crippen LogP) is 3.06. The molecule has 3 aromatic rings. The predicted molar refractivity (Wildman–Crippen MR) is 145 cm³/mol. The summed E-state index contributed by atoms with van der Waals surface area (Å²) in [6.07, 6.45) is -0.0619. The number of amides is 1. The van der Waals surface area contributed by atoms with Crippen molar-refractivity contribution in [2.75, 3.05) is 19.0 Å². The maximum absolute atomic E-state index is 13.0. The van der Waals surface area contributed by atoms with Crippen LogP contribution in [0.1, 0.15) is 25.0 Å². The molecule has 200 valence electrons. The van der Waals surface area contributed by atoms with Crippen LogP contribution < -0.4 is 20.5 Å². The number of nitrogens with two attached hydrogens (primary N) is 1. The molecule has 5 N–H and O–H groups in total. The van der Waals surface area contributed by atoms with Gasteiger partial charge in [0.25, 0.3) is 0 Å². The lowest BCUT2D eigenvalue weighted by atomic mass is 9.96. The van der Waals surface area contributed by atoms with E-state index < -0.39 is 27.9 Å². The van der Waals surface area contributed by atoms with E-state index in [1.54, 1.807) is 25.1 Å². The highest BCUT2D eigenvalue weighted by molar-refractivity contribution is 7.89. The lowest BCUT2D eigenvalue weighted by Crippen LogP contribution is -2.39. The van der Waals surface area contributed by atoms with Crippen molar-refractivity contribution in [1.82, 2.24) is 4.72 Å². The van der Waals surface area contributed by atoms with Crippen LogP contribution >= 0.6 is 0 Å². The number of ether oxygens (including phenoxy) is 2. The van der Waals surface area contributed by atoms with Crippen molar-refractivity contribution in [3.8, 4) is 16.9 Å². The van der Waals surface area contributed by atoms with Gasteiger partial charge in [-0.15, -0.1) is 0 Å². The molecule has 38 heavy (non-hydrogen) atoms. The highest BCUT2D eigenvalue weighted by Gasteiger charge is 2.27. The third-order valence-corrected chi connectivity index (χ3v) is 7.11. The maximum atomic E-state index is 13.0. The molecule has 0 spiro atoms. The summed E-state index contributed by atoms with van der Waals surface area (Å²) in [4.78, 5) is 24.6. The Kier molecular flexibility index (Phi) is 9.21. The Morgan fingerprint density at radius 3 is 2.39 bits per heavy atom. The Labute approximate surface area is 221 Å². The van der Waals surface area contributed by atoms with Crippen molar-refractivity contribution < 1.29 is 27.5 Å². The van der Waals surface area contributed by atoms with Crippen molar-refractivity contribution in [2.45, 2.75) is 31.2 Å². The number of sulfonamides is 1. The molecule has 3 aromatic carbocycles. The Morgan fingerprint density at radius 1 is 1.05 bits per heavy atom. The van der Waals surface area contributed by atoms with Crippen LogP contribution in [0.15, 0.2) is 71.6 Å². The van der Waals surface area contributed by atoms with E-state index in [9.17, 15) is 18.0 Å². The number of rotatable bonds is 11. The number of carbonyl (C=O) groups is 2. The molecule has 10 nitrogen and oxygen atoms in total. The van der Waals surface area contributed by atoms with Crippen LogP contribution in [0, 0.1) is 5.41 Å². The topological polar surface area (TPSA) is 161 Å². The van der Waals surface area contributed by atoms with Gasteiger partial charge in [-0.1, -0.05) is 48.5 Å². The molecular formula is C27H30N4O6S. The molecule has 0 saturated heterocycles. The quantitative estimate of drug-likeness (QED) is 0.166. The molecule has 0 aliphatic heterocycles. The number of amidine groups is 1. The molecule has 0 aromatic heterocycles. The van der Waals surface area contributed by atoms with Gasteiger partial charge in [0.05, 0.1) is 25.8 Å². The molecule has 0 saturated carbocycles. The minimum atomic E-state index is -4.19. The van der Waals surface area contributed by atoms with Gasteiger partial charge in [-0.3, -0.25) is 15.0 Å². The molecule has 1 amide bonds. The van der Waals surface area contributed by atoms with Gasteiger partial charge in [0.1, 0.15) is 16.8 Å². The van der Waals surface area contributed by atoms with E-state index in [0.29, 0.717) is 11.1 Å². The highest BCUT2D eigenvalue weighted by atomic mass is 32.2. The fourth-order valence-electron chi connectivity index (χ4n) is 3.82. The number of carbonyl (C=O) groups excluding carboxylic acids is 2. The first-order chi connectivity index (χ1) is 18.1. The second kappa shape index (κ2) is 12.3. The number of nitrogens with one attached hydrogen (secondary N) is 3. The van der Waals surface area contributed by atoms with Crippen molar-refractivity contribution in [3.63, 3.8) is 0 Å². The molecule has 0 radical (unpaired) electrons. The molecular weight excluding hydrogens is 508 g/mol. The van der Waals surface area contributed by atoms with Gasteiger partial charge in [-0.05, 0) is 48.7 Å². The lowest BCUT2D eigenvalue weighted by molar-refractivity contribution is -0.144. The van der Waals surface area contributed by atoms with Gasteiger partial charge in [0.15, 0.2) is 5.75 Å². The van der Waals surface area contributed by atoms with Crippen LogP contribution in [0.5, 0.6) is 5.75 Å².